The first-order valence-corrected chi connectivity index (χ1v) is 8.60. The highest BCUT2D eigenvalue weighted by Gasteiger charge is 2.18. The number of furan rings is 1. The molecule has 1 aromatic heterocycles. The zero-order chi connectivity index (χ0) is 19.2. The average Bonchev–Trinajstić information content (AvgIpc) is 3.15. The van der Waals surface area contributed by atoms with Gasteiger partial charge in [-0.2, -0.15) is 0 Å². The highest BCUT2D eigenvalue weighted by Crippen LogP contribution is 2.20. The van der Waals surface area contributed by atoms with E-state index in [0.29, 0.717) is 16.3 Å². The summed E-state index contributed by atoms with van der Waals surface area (Å²) in [7, 11) is 0. The fourth-order valence-electron chi connectivity index (χ4n) is 2.24. The molecule has 0 unspecified atom stereocenters. The van der Waals surface area contributed by atoms with E-state index in [4.69, 9.17) is 32.4 Å². The van der Waals surface area contributed by atoms with Crippen LogP contribution < -0.4 is 15.6 Å². The molecule has 0 spiro atoms. The number of hydrogen-bond acceptors (Lipinski definition) is 4. The minimum Gasteiger partial charge on any atom is -0.489 e. The van der Waals surface area contributed by atoms with Crippen LogP contribution >= 0.6 is 23.2 Å². The number of nitrogens with one attached hydrogen (secondary N) is 2. The summed E-state index contributed by atoms with van der Waals surface area (Å²) in [6.45, 7) is 0.136. The van der Waals surface area contributed by atoms with Gasteiger partial charge >= 0.3 is 5.91 Å². The number of rotatable bonds is 5. The molecule has 1 heterocycles. The Morgan fingerprint density at radius 3 is 2.48 bits per heavy atom. The van der Waals surface area contributed by atoms with E-state index >= 15 is 0 Å². The molecule has 8 heteroatoms. The standard InChI is InChI=1S/C19H14Cl2N2O4/c20-13-6-7-16(21)15(10-13)18(24)22-23-19(25)17-12(8-9-26-17)11-27-14-4-2-1-3-5-14/h1-10H,11H2,(H,22,24)(H,23,25). The Morgan fingerprint density at radius 1 is 0.963 bits per heavy atom. The summed E-state index contributed by atoms with van der Waals surface area (Å²) in [6.07, 6.45) is 1.37. The van der Waals surface area contributed by atoms with Crippen molar-refractivity contribution in [3.63, 3.8) is 0 Å². The maximum absolute atomic E-state index is 12.3. The molecule has 0 saturated heterocycles. The normalized spacial score (nSPS) is 10.3. The van der Waals surface area contributed by atoms with Gasteiger partial charge in [0.15, 0.2) is 5.76 Å². The fraction of sp³-hybridized carbons (Fsp3) is 0.0526. The first-order valence-electron chi connectivity index (χ1n) is 7.84. The smallest absolute Gasteiger partial charge is 0.305 e. The number of carbonyl (C=O) groups is 2. The molecule has 0 radical (unpaired) electrons. The van der Waals surface area contributed by atoms with E-state index in [1.54, 1.807) is 24.3 Å². The van der Waals surface area contributed by atoms with E-state index in [0.717, 1.165) is 0 Å². The van der Waals surface area contributed by atoms with Crippen molar-refractivity contribution in [1.82, 2.24) is 10.9 Å². The van der Waals surface area contributed by atoms with Crippen LogP contribution in [-0.2, 0) is 6.61 Å². The Hall–Kier alpha value is -2.96. The fourth-order valence-corrected chi connectivity index (χ4v) is 2.61. The largest absolute Gasteiger partial charge is 0.489 e. The highest BCUT2D eigenvalue weighted by atomic mass is 35.5. The Bertz CT molecular complexity index is 957. The molecule has 3 rings (SSSR count). The van der Waals surface area contributed by atoms with Gasteiger partial charge in [-0.3, -0.25) is 20.4 Å². The summed E-state index contributed by atoms with van der Waals surface area (Å²) in [5.41, 5.74) is 5.22. The lowest BCUT2D eigenvalue weighted by Crippen LogP contribution is -2.42. The quantitative estimate of drug-likeness (QED) is 0.623. The van der Waals surface area contributed by atoms with Crippen molar-refractivity contribution in [2.45, 2.75) is 6.61 Å². The van der Waals surface area contributed by atoms with Gasteiger partial charge in [-0.15, -0.1) is 0 Å². The second-order valence-electron chi connectivity index (χ2n) is 5.41. The van der Waals surface area contributed by atoms with Crippen molar-refractivity contribution in [2.75, 3.05) is 0 Å². The van der Waals surface area contributed by atoms with E-state index in [-0.39, 0.29) is 23.0 Å². The lowest BCUT2D eigenvalue weighted by Gasteiger charge is -2.09. The van der Waals surface area contributed by atoms with Crippen LogP contribution in [0, 0.1) is 0 Å². The van der Waals surface area contributed by atoms with Crippen molar-refractivity contribution in [1.29, 1.82) is 0 Å². The summed E-state index contributed by atoms with van der Waals surface area (Å²) in [5.74, 6) is -0.542. The number of ether oxygens (including phenoxy) is 1. The van der Waals surface area contributed by atoms with Gasteiger partial charge in [-0.05, 0) is 36.4 Å². The van der Waals surface area contributed by atoms with E-state index in [9.17, 15) is 9.59 Å². The van der Waals surface area contributed by atoms with Gasteiger partial charge in [0.1, 0.15) is 12.4 Å². The molecule has 0 aliphatic heterocycles. The molecule has 6 nitrogen and oxygen atoms in total. The van der Waals surface area contributed by atoms with Crippen LogP contribution in [0.2, 0.25) is 10.0 Å². The molecule has 138 valence electrons. The maximum Gasteiger partial charge on any atom is 0.305 e. The van der Waals surface area contributed by atoms with Crippen molar-refractivity contribution in [3.05, 3.63) is 87.8 Å². The number of hydrazine groups is 1. The van der Waals surface area contributed by atoms with Gasteiger partial charge < -0.3 is 9.15 Å². The number of amides is 2. The van der Waals surface area contributed by atoms with Gasteiger partial charge in [0.25, 0.3) is 5.91 Å². The molecular formula is C19H14Cl2N2O4. The Morgan fingerprint density at radius 2 is 1.70 bits per heavy atom. The molecule has 0 aliphatic carbocycles. The highest BCUT2D eigenvalue weighted by molar-refractivity contribution is 6.35. The van der Waals surface area contributed by atoms with E-state index in [1.165, 1.54) is 18.4 Å². The van der Waals surface area contributed by atoms with Crippen LogP contribution in [0.15, 0.2) is 65.3 Å². The van der Waals surface area contributed by atoms with Crippen molar-refractivity contribution in [3.8, 4) is 5.75 Å². The average molecular weight is 405 g/mol. The second-order valence-corrected chi connectivity index (χ2v) is 6.25. The number of benzene rings is 2. The number of halogens is 2. The van der Waals surface area contributed by atoms with Crippen molar-refractivity contribution >= 4 is 35.0 Å². The number of hydrogen-bond donors (Lipinski definition) is 2. The third-order valence-electron chi connectivity index (χ3n) is 3.55. The predicted octanol–water partition coefficient (Wildman–Crippen LogP) is 4.24. The predicted molar refractivity (Wildman–Crippen MR) is 101 cm³/mol. The van der Waals surface area contributed by atoms with Crippen LogP contribution in [0.25, 0.3) is 0 Å². The lowest BCUT2D eigenvalue weighted by molar-refractivity contribution is 0.0829. The van der Waals surface area contributed by atoms with Crippen LogP contribution in [0.4, 0.5) is 0 Å². The molecule has 2 aromatic carbocycles. The molecule has 0 bridgehead atoms. The van der Waals surface area contributed by atoms with E-state index in [2.05, 4.69) is 10.9 Å². The molecule has 0 fully saturated rings. The van der Waals surface area contributed by atoms with Gasteiger partial charge in [0.2, 0.25) is 0 Å². The number of carbonyl (C=O) groups excluding carboxylic acids is 2. The molecule has 2 amide bonds. The molecular weight excluding hydrogens is 391 g/mol. The van der Waals surface area contributed by atoms with Gasteiger partial charge in [-0.1, -0.05) is 41.4 Å². The maximum atomic E-state index is 12.3. The molecule has 0 atom stereocenters. The molecule has 3 aromatic rings. The first kappa shape index (κ1) is 18.8. The van der Waals surface area contributed by atoms with E-state index in [1.807, 2.05) is 18.2 Å². The van der Waals surface area contributed by atoms with Crippen LogP contribution in [0.5, 0.6) is 5.75 Å². The zero-order valence-corrected chi connectivity index (χ0v) is 15.4. The van der Waals surface area contributed by atoms with Crippen LogP contribution in [-0.4, -0.2) is 11.8 Å². The minimum absolute atomic E-state index is 0.0309. The van der Waals surface area contributed by atoms with Crippen molar-refractivity contribution in [2.24, 2.45) is 0 Å². The topological polar surface area (TPSA) is 80.6 Å². The third-order valence-corrected chi connectivity index (χ3v) is 4.12. The Balaban J connectivity index is 1.61. The molecule has 0 aliphatic rings. The number of para-hydroxylation sites is 1. The third kappa shape index (κ3) is 4.81. The summed E-state index contributed by atoms with van der Waals surface area (Å²) >= 11 is 11.8. The van der Waals surface area contributed by atoms with Crippen molar-refractivity contribution < 1.29 is 18.7 Å². The van der Waals surface area contributed by atoms with Crippen LogP contribution in [0.3, 0.4) is 0 Å². The summed E-state index contributed by atoms with van der Waals surface area (Å²) in [6, 6.07) is 15.2. The first-order chi connectivity index (χ1) is 13.0. The SMILES string of the molecule is O=C(NNC(=O)c1occc1COc1ccccc1)c1cc(Cl)ccc1Cl. The molecule has 2 N–H and O–H groups in total. The molecule has 27 heavy (non-hydrogen) atoms. The Kier molecular flexibility index (Phi) is 6.01. The van der Waals surface area contributed by atoms with Gasteiger partial charge in [-0.25, -0.2) is 0 Å². The van der Waals surface area contributed by atoms with Gasteiger partial charge in [0, 0.05) is 10.6 Å². The second kappa shape index (κ2) is 8.62. The Labute approximate surface area is 165 Å². The van der Waals surface area contributed by atoms with Crippen LogP contribution in [0.1, 0.15) is 26.5 Å². The van der Waals surface area contributed by atoms with Gasteiger partial charge in [0.05, 0.1) is 16.8 Å². The minimum atomic E-state index is -0.627. The monoisotopic (exact) mass is 404 g/mol. The zero-order valence-electron chi connectivity index (χ0n) is 13.9. The summed E-state index contributed by atoms with van der Waals surface area (Å²) < 4.78 is 10.8. The lowest BCUT2D eigenvalue weighted by atomic mass is 10.2. The summed E-state index contributed by atoms with van der Waals surface area (Å²) in [5, 5.41) is 0.559. The van der Waals surface area contributed by atoms with E-state index < -0.39 is 11.8 Å². The summed E-state index contributed by atoms with van der Waals surface area (Å²) in [4.78, 5) is 24.5. The molecule has 0 saturated carbocycles.